The maximum Gasteiger partial charge on any atom is 0.326 e. The molecule has 0 fully saturated rings. The monoisotopic (exact) mass is 466 g/mol. The number of rotatable bonds is 15. The molecule has 10 N–H and O–H groups in total. The molecule has 0 rings (SSSR count). The highest BCUT2D eigenvalue weighted by Gasteiger charge is 2.30. The molecule has 4 unspecified atom stereocenters. The molecule has 0 aliphatic heterocycles. The van der Waals surface area contributed by atoms with E-state index in [1.807, 2.05) is 0 Å². The number of thiol groups is 2. The molecule has 172 valence electrons. The van der Waals surface area contributed by atoms with Gasteiger partial charge >= 0.3 is 5.97 Å². The van der Waals surface area contributed by atoms with E-state index < -0.39 is 60.2 Å². The van der Waals surface area contributed by atoms with Crippen LogP contribution in [0.3, 0.4) is 0 Å². The van der Waals surface area contributed by atoms with Crippen molar-refractivity contribution in [3.8, 4) is 0 Å². The summed E-state index contributed by atoms with van der Waals surface area (Å²) < 4.78 is 0. The van der Waals surface area contributed by atoms with Crippen molar-refractivity contribution in [3.05, 3.63) is 0 Å². The molecule has 0 radical (unpaired) electrons. The van der Waals surface area contributed by atoms with Crippen LogP contribution in [0.1, 0.15) is 25.7 Å². The zero-order chi connectivity index (χ0) is 23.3. The minimum absolute atomic E-state index is 0.0705. The Bertz CT molecular complexity index is 623. The Kier molecular flexibility index (Phi) is 13.9. The molecule has 12 nitrogen and oxygen atoms in total. The Balaban J connectivity index is 5.19. The minimum Gasteiger partial charge on any atom is -0.480 e. The van der Waals surface area contributed by atoms with Crippen molar-refractivity contribution in [1.82, 2.24) is 16.0 Å². The first kappa shape index (κ1) is 28.0. The molecule has 0 bridgehead atoms. The normalized spacial score (nSPS) is 14.7. The molecule has 0 aromatic heterocycles. The molecule has 4 amide bonds. The third kappa shape index (κ3) is 10.7. The van der Waals surface area contributed by atoms with Gasteiger partial charge in [0, 0.05) is 11.5 Å². The average molecular weight is 467 g/mol. The van der Waals surface area contributed by atoms with Crippen LogP contribution in [0.2, 0.25) is 0 Å². The van der Waals surface area contributed by atoms with Gasteiger partial charge in [-0.1, -0.05) is 0 Å². The molecule has 0 aliphatic rings. The van der Waals surface area contributed by atoms with Crippen molar-refractivity contribution >= 4 is 54.9 Å². The predicted octanol–water partition coefficient (Wildman–Crippen LogP) is -3.28. The number of primary amides is 1. The molecule has 0 aliphatic carbocycles. The second-order valence-electron chi connectivity index (χ2n) is 6.45. The van der Waals surface area contributed by atoms with Crippen LogP contribution in [0.15, 0.2) is 0 Å². The molecule has 0 saturated heterocycles. The number of nitrogens with one attached hydrogen (secondary N) is 3. The lowest BCUT2D eigenvalue weighted by molar-refractivity contribution is -0.143. The number of carboxylic acid groups (broad SMARTS) is 1. The quantitative estimate of drug-likeness (QED) is 0.0877. The highest BCUT2D eigenvalue weighted by molar-refractivity contribution is 7.80. The zero-order valence-electron chi connectivity index (χ0n) is 16.4. The fraction of sp³-hybridized carbons (Fsp3) is 0.688. The minimum atomic E-state index is -1.55. The summed E-state index contributed by atoms with van der Waals surface area (Å²) >= 11 is 7.93. The van der Waals surface area contributed by atoms with Crippen LogP contribution in [0, 0.1) is 0 Å². The van der Waals surface area contributed by atoms with Crippen LogP contribution >= 0.6 is 25.3 Å². The van der Waals surface area contributed by atoms with E-state index >= 15 is 0 Å². The summed E-state index contributed by atoms with van der Waals surface area (Å²) in [5, 5.41) is 16.1. The van der Waals surface area contributed by atoms with Gasteiger partial charge in [-0.05, 0) is 25.8 Å². The van der Waals surface area contributed by atoms with Gasteiger partial charge in [0.15, 0.2) is 0 Å². The molecule has 0 aromatic rings. The lowest BCUT2D eigenvalue weighted by atomic mass is 10.1. The topological polar surface area (TPSA) is 220 Å². The number of carbonyl (C=O) groups excluding carboxylic acids is 4. The van der Waals surface area contributed by atoms with E-state index in [0.29, 0.717) is 19.4 Å². The summed E-state index contributed by atoms with van der Waals surface area (Å²) in [5.74, 6) is -4.61. The fourth-order valence-corrected chi connectivity index (χ4v) is 2.69. The Hall–Kier alpha value is -2.03. The van der Waals surface area contributed by atoms with Gasteiger partial charge < -0.3 is 38.3 Å². The van der Waals surface area contributed by atoms with Crippen LogP contribution in [-0.2, 0) is 24.0 Å². The van der Waals surface area contributed by atoms with E-state index in [2.05, 4.69) is 41.2 Å². The number of amides is 4. The Morgan fingerprint density at radius 3 is 1.83 bits per heavy atom. The van der Waals surface area contributed by atoms with Gasteiger partial charge in [-0.2, -0.15) is 25.3 Å². The van der Waals surface area contributed by atoms with Crippen molar-refractivity contribution in [2.24, 2.45) is 17.2 Å². The summed E-state index contributed by atoms with van der Waals surface area (Å²) in [6, 6.07) is -4.69. The lowest BCUT2D eigenvalue weighted by Crippen LogP contribution is -2.58. The van der Waals surface area contributed by atoms with Gasteiger partial charge in [0.1, 0.15) is 18.1 Å². The molecule has 30 heavy (non-hydrogen) atoms. The summed E-state index contributed by atoms with van der Waals surface area (Å²) in [7, 11) is 0. The second-order valence-corrected chi connectivity index (χ2v) is 7.18. The number of nitrogens with two attached hydrogens (primary N) is 3. The van der Waals surface area contributed by atoms with Crippen molar-refractivity contribution in [2.75, 3.05) is 18.1 Å². The van der Waals surface area contributed by atoms with Crippen molar-refractivity contribution in [1.29, 1.82) is 0 Å². The van der Waals surface area contributed by atoms with Gasteiger partial charge in [-0.3, -0.25) is 19.2 Å². The number of hydrogen-bond acceptors (Lipinski definition) is 9. The Morgan fingerprint density at radius 1 is 0.833 bits per heavy atom. The first-order chi connectivity index (χ1) is 14.1. The van der Waals surface area contributed by atoms with Gasteiger partial charge in [0.05, 0.1) is 12.5 Å². The van der Waals surface area contributed by atoms with Crippen LogP contribution in [0.25, 0.3) is 0 Å². The molecule has 0 heterocycles. The first-order valence-corrected chi connectivity index (χ1v) is 10.4. The average Bonchev–Trinajstić information content (AvgIpc) is 2.69. The number of carbonyl (C=O) groups is 5. The maximum absolute atomic E-state index is 12.6. The van der Waals surface area contributed by atoms with E-state index in [9.17, 15) is 24.0 Å². The number of aliphatic carboxylic acids is 1. The van der Waals surface area contributed by atoms with E-state index in [1.54, 1.807) is 0 Å². The summed E-state index contributed by atoms with van der Waals surface area (Å²) in [6.07, 6.45) is 0.771. The summed E-state index contributed by atoms with van der Waals surface area (Å²) in [6.45, 7) is 0.399. The smallest absolute Gasteiger partial charge is 0.326 e. The highest BCUT2D eigenvalue weighted by Crippen LogP contribution is 2.04. The van der Waals surface area contributed by atoms with Gasteiger partial charge in [0.2, 0.25) is 23.6 Å². The van der Waals surface area contributed by atoms with E-state index in [4.69, 9.17) is 22.3 Å². The van der Waals surface area contributed by atoms with Crippen LogP contribution in [0.5, 0.6) is 0 Å². The Morgan fingerprint density at radius 2 is 1.37 bits per heavy atom. The molecule has 14 heteroatoms. The molecule has 0 spiro atoms. The van der Waals surface area contributed by atoms with E-state index in [1.165, 1.54) is 0 Å². The summed E-state index contributed by atoms with van der Waals surface area (Å²) in [4.78, 5) is 59.2. The Labute approximate surface area is 185 Å². The van der Waals surface area contributed by atoms with E-state index in [0.717, 1.165) is 0 Å². The molecular formula is C16H30N6O6S2. The van der Waals surface area contributed by atoms with Crippen molar-refractivity contribution in [2.45, 2.75) is 49.9 Å². The number of hydrogen-bond donors (Lipinski definition) is 9. The van der Waals surface area contributed by atoms with Gasteiger partial charge in [0.25, 0.3) is 0 Å². The fourth-order valence-electron chi connectivity index (χ4n) is 2.26. The number of unbranched alkanes of at least 4 members (excludes halogenated alkanes) is 1. The van der Waals surface area contributed by atoms with Gasteiger partial charge in [-0.25, -0.2) is 4.79 Å². The van der Waals surface area contributed by atoms with Crippen molar-refractivity contribution < 1.29 is 29.1 Å². The molecule has 0 saturated carbocycles. The maximum atomic E-state index is 12.6. The summed E-state index contributed by atoms with van der Waals surface area (Å²) in [5.41, 5.74) is 16.0. The predicted molar refractivity (Wildman–Crippen MR) is 116 cm³/mol. The standard InChI is InChI=1S/C16H30N6O6S2/c17-4-2-1-3-9(20-13(24)8(18)6-29)14(25)22-11(7-30)15(26)21-10(16(27)28)5-12(19)23/h8-11,29-30H,1-7,17-18H2,(H2,19,23)(H,20,24)(H,21,26)(H,22,25)(H,27,28). The molecule has 0 aromatic carbocycles. The van der Waals surface area contributed by atoms with Crippen LogP contribution < -0.4 is 33.2 Å². The van der Waals surface area contributed by atoms with Gasteiger partial charge in [-0.15, -0.1) is 0 Å². The van der Waals surface area contributed by atoms with E-state index in [-0.39, 0.29) is 17.9 Å². The third-order valence-electron chi connectivity index (χ3n) is 3.95. The largest absolute Gasteiger partial charge is 0.480 e. The third-order valence-corrected chi connectivity index (χ3v) is 4.71. The number of carboxylic acids is 1. The van der Waals surface area contributed by atoms with Crippen LogP contribution in [-0.4, -0.2) is 76.9 Å². The SMILES string of the molecule is NCCCCC(NC(=O)C(N)CS)C(=O)NC(CS)C(=O)NC(CC(N)=O)C(=O)O. The first-order valence-electron chi connectivity index (χ1n) is 9.16. The van der Waals surface area contributed by atoms with Crippen LogP contribution in [0.4, 0.5) is 0 Å². The molecular weight excluding hydrogens is 436 g/mol. The van der Waals surface area contributed by atoms with Crippen molar-refractivity contribution in [3.63, 3.8) is 0 Å². The molecule has 4 atom stereocenters. The second kappa shape index (κ2) is 14.9. The lowest BCUT2D eigenvalue weighted by Gasteiger charge is -2.24. The highest BCUT2D eigenvalue weighted by atomic mass is 32.1. The zero-order valence-corrected chi connectivity index (χ0v) is 18.2.